The summed E-state index contributed by atoms with van der Waals surface area (Å²) in [6.07, 6.45) is 4.88. The van der Waals surface area contributed by atoms with E-state index in [9.17, 15) is 0 Å². The standard InChI is InChI=1S/C12H20N2/c1-2-14-8-11-5-3-10(7-13)4-6-12(11)9-14/h10-12H,2-6,8-9H2,1H3/t10?,11-,12?/m1/s1. The van der Waals surface area contributed by atoms with E-state index in [2.05, 4.69) is 17.9 Å². The highest BCUT2D eigenvalue weighted by Gasteiger charge is 2.34. The summed E-state index contributed by atoms with van der Waals surface area (Å²) in [7, 11) is 0. The molecule has 78 valence electrons. The fourth-order valence-corrected chi connectivity index (χ4v) is 3.05. The zero-order valence-electron chi connectivity index (χ0n) is 9.08. The second-order valence-electron chi connectivity index (χ2n) is 4.85. The molecule has 2 rings (SSSR count). The Morgan fingerprint density at radius 2 is 1.71 bits per heavy atom. The van der Waals surface area contributed by atoms with Crippen molar-refractivity contribution in [2.24, 2.45) is 17.8 Å². The SMILES string of the molecule is CCN1CC2CCC(C#N)CC[C@@H]2C1. The largest absolute Gasteiger partial charge is 0.303 e. The molecule has 0 N–H and O–H groups in total. The molecule has 2 nitrogen and oxygen atoms in total. The van der Waals surface area contributed by atoms with Crippen LogP contribution in [0.4, 0.5) is 0 Å². The summed E-state index contributed by atoms with van der Waals surface area (Å²) >= 11 is 0. The molecule has 0 spiro atoms. The van der Waals surface area contributed by atoms with E-state index in [0.29, 0.717) is 5.92 Å². The predicted octanol–water partition coefficient (Wildman–Crippen LogP) is 2.27. The molecular formula is C12H20N2. The van der Waals surface area contributed by atoms with Crippen LogP contribution in [0.3, 0.4) is 0 Å². The molecule has 2 unspecified atom stereocenters. The quantitative estimate of drug-likeness (QED) is 0.637. The molecule has 2 heteroatoms. The van der Waals surface area contributed by atoms with Crippen molar-refractivity contribution >= 4 is 0 Å². The number of rotatable bonds is 1. The first kappa shape index (κ1) is 9.98. The number of nitriles is 1. The van der Waals surface area contributed by atoms with Gasteiger partial charge in [0.25, 0.3) is 0 Å². The number of nitrogens with zero attached hydrogens (tertiary/aromatic N) is 2. The fraction of sp³-hybridized carbons (Fsp3) is 0.917. The van der Waals surface area contributed by atoms with Crippen LogP contribution in [0.2, 0.25) is 0 Å². The molecule has 0 aromatic carbocycles. The third-order valence-corrected chi connectivity index (χ3v) is 4.05. The average Bonchev–Trinajstić information content (AvgIpc) is 2.52. The maximum atomic E-state index is 8.92. The van der Waals surface area contributed by atoms with Crippen LogP contribution in [0, 0.1) is 29.1 Å². The van der Waals surface area contributed by atoms with Gasteiger partial charge < -0.3 is 4.90 Å². The van der Waals surface area contributed by atoms with E-state index >= 15 is 0 Å². The molecule has 0 aromatic rings. The minimum atomic E-state index is 0.357. The lowest BCUT2D eigenvalue weighted by Crippen LogP contribution is -2.20. The maximum Gasteiger partial charge on any atom is 0.0655 e. The second-order valence-corrected chi connectivity index (χ2v) is 4.85. The van der Waals surface area contributed by atoms with Crippen molar-refractivity contribution in [3.8, 4) is 6.07 Å². The topological polar surface area (TPSA) is 27.0 Å². The average molecular weight is 192 g/mol. The van der Waals surface area contributed by atoms with Crippen LogP contribution in [0.5, 0.6) is 0 Å². The highest BCUT2D eigenvalue weighted by atomic mass is 15.1. The molecule has 0 bridgehead atoms. The van der Waals surface area contributed by atoms with Gasteiger partial charge in [0.1, 0.15) is 0 Å². The minimum absolute atomic E-state index is 0.357. The van der Waals surface area contributed by atoms with Crippen molar-refractivity contribution in [3.05, 3.63) is 0 Å². The summed E-state index contributed by atoms with van der Waals surface area (Å²) in [4.78, 5) is 2.57. The monoisotopic (exact) mass is 192 g/mol. The van der Waals surface area contributed by atoms with E-state index in [-0.39, 0.29) is 0 Å². The van der Waals surface area contributed by atoms with Gasteiger partial charge in [0.2, 0.25) is 0 Å². The number of hydrogen-bond donors (Lipinski definition) is 0. The van der Waals surface area contributed by atoms with Gasteiger partial charge in [0.05, 0.1) is 6.07 Å². The van der Waals surface area contributed by atoms with Crippen molar-refractivity contribution in [1.29, 1.82) is 5.26 Å². The van der Waals surface area contributed by atoms with Crippen LogP contribution in [0.1, 0.15) is 32.6 Å². The van der Waals surface area contributed by atoms with Gasteiger partial charge in [-0.05, 0) is 44.1 Å². The van der Waals surface area contributed by atoms with Crippen molar-refractivity contribution in [2.45, 2.75) is 32.6 Å². The summed E-state index contributed by atoms with van der Waals surface area (Å²) in [6, 6.07) is 2.44. The Bertz CT molecular complexity index is 215. The van der Waals surface area contributed by atoms with Crippen LogP contribution >= 0.6 is 0 Å². The van der Waals surface area contributed by atoms with Gasteiger partial charge in [-0.2, -0.15) is 5.26 Å². The Balaban J connectivity index is 1.93. The van der Waals surface area contributed by atoms with Crippen molar-refractivity contribution in [3.63, 3.8) is 0 Å². The van der Waals surface area contributed by atoms with Crippen molar-refractivity contribution in [2.75, 3.05) is 19.6 Å². The molecule has 1 saturated heterocycles. The van der Waals surface area contributed by atoms with Crippen LogP contribution in [0.15, 0.2) is 0 Å². The molecule has 14 heavy (non-hydrogen) atoms. The summed E-state index contributed by atoms with van der Waals surface area (Å²) in [5.74, 6) is 2.15. The van der Waals surface area contributed by atoms with Crippen molar-refractivity contribution in [1.82, 2.24) is 4.90 Å². The van der Waals surface area contributed by atoms with Crippen LogP contribution in [0.25, 0.3) is 0 Å². The molecule has 1 aliphatic carbocycles. The highest BCUT2D eigenvalue weighted by molar-refractivity contribution is 4.92. The van der Waals surface area contributed by atoms with Gasteiger partial charge in [0, 0.05) is 19.0 Å². The highest BCUT2D eigenvalue weighted by Crippen LogP contribution is 2.36. The third kappa shape index (κ3) is 1.93. The molecule has 3 atom stereocenters. The smallest absolute Gasteiger partial charge is 0.0655 e. The molecule has 1 aliphatic heterocycles. The Hall–Kier alpha value is -0.550. The van der Waals surface area contributed by atoms with E-state index in [4.69, 9.17) is 5.26 Å². The van der Waals surface area contributed by atoms with Gasteiger partial charge in [0.15, 0.2) is 0 Å². The van der Waals surface area contributed by atoms with Gasteiger partial charge >= 0.3 is 0 Å². The molecular weight excluding hydrogens is 172 g/mol. The zero-order valence-corrected chi connectivity index (χ0v) is 9.08. The molecule has 0 radical (unpaired) electrons. The van der Waals surface area contributed by atoms with Gasteiger partial charge in [-0.25, -0.2) is 0 Å². The summed E-state index contributed by atoms with van der Waals surface area (Å²) in [6.45, 7) is 6.04. The first-order valence-electron chi connectivity index (χ1n) is 5.95. The fourth-order valence-electron chi connectivity index (χ4n) is 3.05. The lowest BCUT2D eigenvalue weighted by molar-refractivity contribution is 0.327. The van der Waals surface area contributed by atoms with E-state index in [1.807, 2.05) is 0 Å². The Morgan fingerprint density at radius 1 is 1.14 bits per heavy atom. The molecule has 0 aromatic heterocycles. The molecule has 2 fully saturated rings. The molecule has 1 heterocycles. The number of likely N-dealkylation sites (tertiary alicyclic amines) is 1. The van der Waals surface area contributed by atoms with Gasteiger partial charge in [-0.15, -0.1) is 0 Å². The van der Waals surface area contributed by atoms with Crippen LogP contribution in [-0.2, 0) is 0 Å². The Morgan fingerprint density at radius 3 is 2.14 bits per heavy atom. The predicted molar refractivity (Wildman–Crippen MR) is 56.7 cm³/mol. The number of fused-ring (bicyclic) bond motifs is 1. The Labute approximate surface area is 86.9 Å². The first-order valence-corrected chi connectivity index (χ1v) is 5.95. The summed E-state index contributed by atoms with van der Waals surface area (Å²) in [5.41, 5.74) is 0. The Kier molecular flexibility index (Phi) is 3.08. The lowest BCUT2D eigenvalue weighted by atomic mass is 9.92. The zero-order chi connectivity index (χ0) is 9.97. The van der Waals surface area contributed by atoms with E-state index < -0.39 is 0 Å². The minimum Gasteiger partial charge on any atom is -0.303 e. The van der Waals surface area contributed by atoms with Gasteiger partial charge in [-0.3, -0.25) is 0 Å². The normalized spacial score (nSPS) is 38.7. The molecule has 1 saturated carbocycles. The van der Waals surface area contributed by atoms with Crippen LogP contribution < -0.4 is 0 Å². The van der Waals surface area contributed by atoms with E-state index in [0.717, 1.165) is 24.7 Å². The molecule has 0 amide bonds. The van der Waals surface area contributed by atoms with E-state index in [1.54, 1.807) is 0 Å². The summed E-state index contributed by atoms with van der Waals surface area (Å²) < 4.78 is 0. The first-order chi connectivity index (χ1) is 6.83. The maximum absolute atomic E-state index is 8.92. The van der Waals surface area contributed by atoms with Crippen molar-refractivity contribution < 1.29 is 0 Å². The second kappa shape index (κ2) is 4.31. The third-order valence-electron chi connectivity index (χ3n) is 4.05. The lowest BCUT2D eigenvalue weighted by Gasteiger charge is -2.13. The molecule has 2 aliphatic rings. The van der Waals surface area contributed by atoms with Gasteiger partial charge in [-0.1, -0.05) is 6.92 Å². The van der Waals surface area contributed by atoms with E-state index in [1.165, 1.54) is 32.5 Å². The number of hydrogen-bond acceptors (Lipinski definition) is 2. The van der Waals surface area contributed by atoms with Crippen LogP contribution in [-0.4, -0.2) is 24.5 Å². The summed E-state index contributed by atoms with van der Waals surface area (Å²) in [5, 5.41) is 8.92.